The van der Waals surface area contributed by atoms with E-state index < -0.39 is 0 Å². The van der Waals surface area contributed by atoms with E-state index in [1.165, 1.54) is 44.3 Å². The molecule has 0 aliphatic carbocycles. The van der Waals surface area contributed by atoms with Gasteiger partial charge in [0.25, 0.3) is 0 Å². The van der Waals surface area contributed by atoms with E-state index in [2.05, 4.69) is 49.1 Å². The third-order valence-corrected chi connectivity index (χ3v) is 2.87. The van der Waals surface area contributed by atoms with Crippen molar-refractivity contribution in [3.05, 3.63) is 35.9 Å². The smallest absolute Gasteiger partial charge is 0.0233 e. The molecule has 0 atom stereocenters. The van der Waals surface area contributed by atoms with E-state index in [9.17, 15) is 0 Å². The highest BCUT2D eigenvalue weighted by Crippen LogP contribution is 2.07. The zero-order valence-corrected chi connectivity index (χ0v) is 10.8. The third-order valence-electron chi connectivity index (χ3n) is 2.87. The zero-order valence-electron chi connectivity index (χ0n) is 10.8. The molecule has 1 aromatic rings. The van der Waals surface area contributed by atoms with Crippen LogP contribution in [0.15, 0.2) is 30.3 Å². The molecule has 0 bridgehead atoms. The van der Waals surface area contributed by atoms with Crippen LogP contribution in [-0.4, -0.2) is 18.0 Å². The predicted octanol–water partition coefficient (Wildman–Crippen LogP) is 4.09. The van der Waals surface area contributed by atoms with Crippen molar-refractivity contribution < 1.29 is 0 Å². The molecule has 0 heterocycles. The van der Waals surface area contributed by atoms with Crippen LogP contribution in [0.2, 0.25) is 0 Å². The molecule has 0 unspecified atom stereocenters. The summed E-state index contributed by atoms with van der Waals surface area (Å²) in [5.41, 5.74) is 1.44. The van der Waals surface area contributed by atoms with Gasteiger partial charge in [-0.3, -0.25) is 4.90 Å². The normalized spacial score (nSPS) is 10.9. The van der Waals surface area contributed by atoms with Gasteiger partial charge in [0, 0.05) is 6.54 Å². The molecule has 0 saturated heterocycles. The highest BCUT2D eigenvalue weighted by molar-refractivity contribution is 5.14. The topological polar surface area (TPSA) is 3.24 Å². The molecule has 90 valence electrons. The molecular formula is C15H25N. The third kappa shape index (κ3) is 5.32. The van der Waals surface area contributed by atoms with E-state index in [-0.39, 0.29) is 0 Å². The summed E-state index contributed by atoms with van der Waals surface area (Å²) in [4.78, 5) is 2.57. The van der Waals surface area contributed by atoms with Crippen LogP contribution in [0.25, 0.3) is 0 Å². The molecule has 0 fully saturated rings. The summed E-state index contributed by atoms with van der Waals surface area (Å²) in [5, 5.41) is 0. The fraction of sp³-hybridized carbons (Fsp3) is 0.600. The van der Waals surface area contributed by atoms with Crippen LogP contribution in [0.1, 0.15) is 45.1 Å². The van der Waals surface area contributed by atoms with Crippen molar-refractivity contribution in [2.75, 3.05) is 13.1 Å². The second-order valence-electron chi connectivity index (χ2n) is 4.47. The Morgan fingerprint density at radius 1 is 0.875 bits per heavy atom. The monoisotopic (exact) mass is 219 g/mol. The summed E-state index contributed by atoms with van der Waals surface area (Å²) >= 11 is 0. The van der Waals surface area contributed by atoms with Crippen LogP contribution in [0.3, 0.4) is 0 Å². The van der Waals surface area contributed by atoms with Crippen molar-refractivity contribution in [1.29, 1.82) is 0 Å². The fourth-order valence-electron chi connectivity index (χ4n) is 2.01. The molecule has 0 amide bonds. The van der Waals surface area contributed by atoms with Crippen molar-refractivity contribution in [3.8, 4) is 0 Å². The first-order valence-corrected chi connectivity index (χ1v) is 6.63. The number of hydrogen-bond acceptors (Lipinski definition) is 1. The predicted molar refractivity (Wildman–Crippen MR) is 71.5 cm³/mol. The van der Waals surface area contributed by atoms with Gasteiger partial charge < -0.3 is 0 Å². The standard InChI is InChI=1S/C15H25N/c1-3-5-9-13-16(12-4-2)14-15-10-7-6-8-11-15/h6-8,10-11H,3-5,9,12-14H2,1-2H3. The van der Waals surface area contributed by atoms with E-state index in [1.54, 1.807) is 0 Å². The van der Waals surface area contributed by atoms with Gasteiger partial charge in [0.05, 0.1) is 0 Å². The molecule has 0 N–H and O–H groups in total. The summed E-state index contributed by atoms with van der Waals surface area (Å²) in [6, 6.07) is 10.8. The lowest BCUT2D eigenvalue weighted by Gasteiger charge is -2.21. The highest BCUT2D eigenvalue weighted by atomic mass is 15.1. The number of nitrogens with zero attached hydrogens (tertiary/aromatic N) is 1. The first-order valence-electron chi connectivity index (χ1n) is 6.63. The van der Waals surface area contributed by atoms with Crippen molar-refractivity contribution in [2.45, 2.75) is 46.1 Å². The lowest BCUT2D eigenvalue weighted by atomic mass is 10.2. The highest BCUT2D eigenvalue weighted by Gasteiger charge is 2.03. The van der Waals surface area contributed by atoms with E-state index in [0.717, 1.165) is 6.54 Å². The second-order valence-corrected chi connectivity index (χ2v) is 4.47. The Balaban J connectivity index is 2.38. The van der Waals surface area contributed by atoms with Crippen LogP contribution in [0.4, 0.5) is 0 Å². The van der Waals surface area contributed by atoms with E-state index in [1.807, 2.05) is 0 Å². The zero-order chi connectivity index (χ0) is 11.6. The molecular weight excluding hydrogens is 194 g/mol. The van der Waals surface area contributed by atoms with Crippen molar-refractivity contribution >= 4 is 0 Å². The molecule has 0 saturated carbocycles. The maximum Gasteiger partial charge on any atom is 0.0233 e. The summed E-state index contributed by atoms with van der Waals surface area (Å²) < 4.78 is 0. The van der Waals surface area contributed by atoms with Crippen LogP contribution >= 0.6 is 0 Å². The lowest BCUT2D eigenvalue weighted by molar-refractivity contribution is 0.260. The maximum atomic E-state index is 2.57. The van der Waals surface area contributed by atoms with Gasteiger partial charge in [-0.2, -0.15) is 0 Å². The Morgan fingerprint density at radius 3 is 2.25 bits per heavy atom. The van der Waals surface area contributed by atoms with Gasteiger partial charge in [0.2, 0.25) is 0 Å². The van der Waals surface area contributed by atoms with Crippen molar-refractivity contribution in [1.82, 2.24) is 4.90 Å². The molecule has 1 aromatic carbocycles. The van der Waals surface area contributed by atoms with Gasteiger partial charge in [0.15, 0.2) is 0 Å². The van der Waals surface area contributed by atoms with E-state index in [4.69, 9.17) is 0 Å². The Kier molecular flexibility index (Phi) is 6.91. The summed E-state index contributed by atoms with van der Waals surface area (Å²) in [5.74, 6) is 0. The molecule has 0 aliphatic heterocycles. The van der Waals surface area contributed by atoms with Crippen molar-refractivity contribution in [2.24, 2.45) is 0 Å². The summed E-state index contributed by atoms with van der Waals surface area (Å²) in [7, 11) is 0. The van der Waals surface area contributed by atoms with Gasteiger partial charge in [-0.05, 0) is 31.5 Å². The van der Waals surface area contributed by atoms with Crippen LogP contribution in [-0.2, 0) is 6.54 Å². The molecule has 1 nitrogen and oxygen atoms in total. The molecule has 16 heavy (non-hydrogen) atoms. The van der Waals surface area contributed by atoms with Gasteiger partial charge in [-0.1, -0.05) is 57.0 Å². The van der Waals surface area contributed by atoms with Crippen LogP contribution in [0.5, 0.6) is 0 Å². The number of rotatable bonds is 8. The van der Waals surface area contributed by atoms with E-state index >= 15 is 0 Å². The summed E-state index contributed by atoms with van der Waals surface area (Å²) in [6.07, 6.45) is 5.25. The Hall–Kier alpha value is -0.820. The van der Waals surface area contributed by atoms with Crippen molar-refractivity contribution in [3.63, 3.8) is 0 Å². The van der Waals surface area contributed by atoms with Gasteiger partial charge in [-0.25, -0.2) is 0 Å². The van der Waals surface area contributed by atoms with Gasteiger partial charge >= 0.3 is 0 Å². The number of hydrogen-bond donors (Lipinski definition) is 0. The quantitative estimate of drug-likeness (QED) is 0.595. The minimum Gasteiger partial charge on any atom is -0.299 e. The molecule has 0 aliphatic rings. The van der Waals surface area contributed by atoms with Crippen LogP contribution < -0.4 is 0 Å². The minimum atomic E-state index is 1.11. The second kappa shape index (κ2) is 8.35. The van der Waals surface area contributed by atoms with E-state index in [0.29, 0.717) is 0 Å². The summed E-state index contributed by atoms with van der Waals surface area (Å²) in [6.45, 7) is 8.10. The first kappa shape index (κ1) is 13.2. The largest absolute Gasteiger partial charge is 0.299 e. The number of benzene rings is 1. The first-order chi connectivity index (χ1) is 7.86. The SMILES string of the molecule is CCCCCN(CCC)Cc1ccccc1. The molecule has 1 rings (SSSR count). The molecule has 1 heteroatoms. The Bertz CT molecular complexity index is 255. The molecule has 0 aromatic heterocycles. The lowest BCUT2D eigenvalue weighted by Crippen LogP contribution is -2.25. The molecule has 0 radical (unpaired) electrons. The Morgan fingerprint density at radius 2 is 1.62 bits per heavy atom. The Labute approximate surface area is 100 Å². The average Bonchev–Trinajstić information content (AvgIpc) is 2.31. The minimum absolute atomic E-state index is 1.11. The number of unbranched alkanes of at least 4 members (excludes halogenated alkanes) is 2. The van der Waals surface area contributed by atoms with Gasteiger partial charge in [-0.15, -0.1) is 0 Å². The maximum absolute atomic E-state index is 2.57. The van der Waals surface area contributed by atoms with Crippen LogP contribution in [0, 0.1) is 0 Å². The van der Waals surface area contributed by atoms with Gasteiger partial charge in [0.1, 0.15) is 0 Å². The molecule has 0 spiro atoms. The fourth-order valence-corrected chi connectivity index (χ4v) is 2.01. The average molecular weight is 219 g/mol.